The lowest BCUT2D eigenvalue weighted by molar-refractivity contribution is -0.221. The lowest BCUT2D eigenvalue weighted by Gasteiger charge is -2.60. The van der Waals surface area contributed by atoms with Gasteiger partial charge < -0.3 is 92.4 Å². The fraction of sp³-hybridized carbons (Fsp3) is 0.784. The predicted molar refractivity (Wildman–Crippen MR) is 294 cm³/mol. The van der Waals surface area contributed by atoms with Crippen LogP contribution in [0.5, 0.6) is 0 Å². The van der Waals surface area contributed by atoms with Crippen molar-refractivity contribution in [1.82, 2.24) is 70.7 Å². The molecule has 0 unspecified atom stereocenters. The first-order chi connectivity index (χ1) is 35.3. The zero-order valence-corrected chi connectivity index (χ0v) is 55.6. The Hall–Kier alpha value is -4.24. The summed E-state index contributed by atoms with van der Waals surface area (Å²) in [7, 11) is 24.1. The second kappa shape index (κ2) is 31.8. The summed E-state index contributed by atoms with van der Waals surface area (Å²) >= 11 is 0. The van der Waals surface area contributed by atoms with Crippen LogP contribution in [0.25, 0.3) is 0 Å². The molecule has 0 radical (unpaired) electrons. The van der Waals surface area contributed by atoms with Gasteiger partial charge in [-0.1, -0.05) is 19.6 Å². The number of rotatable bonds is 21. The zero-order chi connectivity index (χ0) is 64.5. The van der Waals surface area contributed by atoms with E-state index in [1.54, 1.807) is 0 Å². The van der Waals surface area contributed by atoms with Crippen molar-refractivity contribution in [3.63, 3.8) is 0 Å². The lowest BCUT2D eigenvalue weighted by Crippen LogP contribution is -2.98. The maximum atomic E-state index is 12.1. The Kier molecular flexibility index (Phi) is 32.7. The van der Waals surface area contributed by atoms with E-state index in [0.29, 0.717) is 0 Å². The highest BCUT2D eigenvalue weighted by molar-refractivity contribution is 7.40. The fourth-order valence-electron chi connectivity index (χ4n) is 10.3. The molecule has 9 N–H and O–H groups in total. The van der Waals surface area contributed by atoms with E-state index in [4.69, 9.17) is 0 Å². The molecular formula is C37H87F6N15O15Si6. The van der Waals surface area contributed by atoms with E-state index < -0.39 is 128 Å². The summed E-state index contributed by atoms with van der Waals surface area (Å²) in [5.74, 6) is -6.40. The van der Waals surface area contributed by atoms with E-state index in [2.05, 4.69) is 185 Å². The van der Waals surface area contributed by atoms with Crippen molar-refractivity contribution in [1.29, 1.82) is 0 Å². The van der Waals surface area contributed by atoms with Gasteiger partial charge in [0.1, 0.15) is 0 Å². The number of nitrogens with one attached hydrogen (secondary N) is 3. The first-order valence-electron chi connectivity index (χ1n) is 23.0. The average Bonchev–Trinajstić information content (AvgIpc) is 3.21. The molecule has 0 aliphatic heterocycles. The summed E-state index contributed by atoms with van der Waals surface area (Å²) in [4.78, 5) is 91.9. The Morgan fingerprint density at radius 2 is 0.532 bits per heavy atom. The Balaban J connectivity index is -0.000000511. The third-order valence-corrected chi connectivity index (χ3v) is 64.6. The average molecular weight is 1260 g/mol. The van der Waals surface area contributed by atoms with Gasteiger partial charge in [-0.2, -0.15) is 26.3 Å². The molecule has 0 aromatic rings. The second-order valence-corrected chi connectivity index (χ2v) is 58.1. The molecule has 0 atom stereocenters. The molecule has 466 valence electrons. The number of hydrogen-bond donors (Lipinski definition) is 9. The number of amides is 6. The van der Waals surface area contributed by atoms with Gasteiger partial charge in [0.05, 0.1) is 7.59 Å². The summed E-state index contributed by atoms with van der Waals surface area (Å²) in [5, 5.41) is 67.7. The van der Waals surface area contributed by atoms with Gasteiger partial charge in [0, 0.05) is 18.5 Å². The normalized spacial score (nSPS) is 12.9. The van der Waals surface area contributed by atoms with Crippen molar-refractivity contribution in [2.45, 2.75) is 32.0 Å². The molecule has 0 aliphatic carbocycles. The number of nitrogens with zero attached hydrogens (tertiary/aromatic N) is 12. The largest absolute Gasteiger partial charge is 0.491 e. The molecule has 0 aromatic heterocycles. The van der Waals surface area contributed by atoms with E-state index in [9.17, 15) is 95.3 Å². The number of carbonyl (C=O) groups is 8. The van der Waals surface area contributed by atoms with Crippen LogP contribution in [0, 0.1) is 0 Å². The Labute approximate surface area is 463 Å². The minimum Gasteiger partial charge on any atom is -0.465 e. The van der Waals surface area contributed by atoms with Crippen LogP contribution in [0.4, 0.5) is 55.1 Å². The van der Waals surface area contributed by atoms with Crippen LogP contribution in [-0.4, -0.2) is 360 Å². The SMILES string of the molecule is CNC[Si](N(C)C)(N(C)C)[Si](C)(C)C.CNC[Si](N(C)C)(N(C)C)[Si](N(C(=O)O)C(=O)O)(N(C(=O)O)C(=O)O)N(C(=O)O)C(=O)O.CNC[Si](N(C)C)(N(C)C)[Si](N(C)C)(N(C)C)N(C)C.O=C(OC(=O)C(F)(F)F)C(F)(F)F. The van der Waals surface area contributed by atoms with Crippen molar-refractivity contribution in [2.75, 3.05) is 167 Å². The molecule has 0 aromatic carbocycles. The number of imide groups is 3. The summed E-state index contributed by atoms with van der Waals surface area (Å²) < 4.78 is 87.1. The summed E-state index contributed by atoms with van der Waals surface area (Å²) in [5.41, 5.74) is 0. The molecule has 0 saturated heterocycles. The number of esters is 2. The molecule has 0 rings (SSSR count). The van der Waals surface area contributed by atoms with Gasteiger partial charge in [-0.15, -0.1) is 0 Å². The van der Waals surface area contributed by atoms with Gasteiger partial charge in [-0.3, -0.25) is 0 Å². The first kappa shape index (κ1) is 81.2. The summed E-state index contributed by atoms with van der Waals surface area (Å²) in [6.45, 7) is 7.45. The molecule has 6 amide bonds. The standard InChI is InChI=1S/C12H24N6O12Si2.C12H36N6Si2.C9H27N3Si2.C4F6O3/c1-13-6-31(14(2)3,15(4)5)32(16(7(19)20)8(21)22,17(9(23)24)10(25)26)18(11(27)28)12(29)30;1-13-12-19(14(2)3,15(4)5)20(16(6)7,17(8)9)18(10)11;1-10-9-14(11(2)3,12(4)5)13(6,7)8;5-3(6,7)1(11)13-2(12)4(8,9)10/h13H,6H2,1-5H3,(H,19,20)(H,21,22)(H,23,24)(H,25,26)(H,27,28)(H,29,30);13H,12H2,1-11H3;10H,9H2,1-8H3;. The van der Waals surface area contributed by atoms with E-state index in [1.807, 2.05) is 0 Å². The van der Waals surface area contributed by atoms with Crippen LogP contribution >= 0.6 is 0 Å². The van der Waals surface area contributed by atoms with Gasteiger partial charge in [0.2, 0.25) is 7.91 Å². The maximum Gasteiger partial charge on any atom is 0.491 e. The molecule has 0 bridgehead atoms. The van der Waals surface area contributed by atoms with Crippen molar-refractivity contribution in [3.05, 3.63) is 0 Å². The third kappa shape index (κ3) is 17.6. The first-order valence-corrected chi connectivity index (χ1v) is 39.5. The van der Waals surface area contributed by atoms with Crippen LogP contribution in [0.2, 0.25) is 19.6 Å². The summed E-state index contributed by atoms with van der Waals surface area (Å²) in [6, 6.07) is 0. The number of halogens is 6. The van der Waals surface area contributed by atoms with E-state index >= 15 is 0 Å². The van der Waals surface area contributed by atoms with Gasteiger partial charge in [0.25, 0.3) is 15.8 Å². The Bertz CT molecular complexity index is 1860. The topological polar surface area (TPSA) is 342 Å². The molecule has 0 spiro atoms. The highest BCUT2D eigenvalue weighted by Gasteiger charge is 2.80. The Morgan fingerprint density at radius 1 is 0.354 bits per heavy atom. The van der Waals surface area contributed by atoms with Gasteiger partial charge in [-0.25, -0.2) is 52.1 Å². The quantitative estimate of drug-likeness (QED) is 0.0321. The van der Waals surface area contributed by atoms with Crippen LogP contribution < -0.4 is 16.0 Å². The fourth-order valence-corrected chi connectivity index (χ4v) is 61.2. The highest BCUT2D eigenvalue weighted by Crippen LogP contribution is 2.35. The van der Waals surface area contributed by atoms with Crippen molar-refractivity contribution in [2.24, 2.45) is 0 Å². The lowest BCUT2D eigenvalue weighted by atomic mass is 10.6. The van der Waals surface area contributed by atoms with Crippen molar-refractivity contribution in [3.8, 4) is 0 Å². The number of carboxylic acid groups (broad SMARTS) is 6. The van der Waals surface area contributed by atoms with Gasteiger partial charge in [0.15, 0.2) is 0 Å². The van der Waals surface area contributed by atoms with E-state index in [1.165, 1.54) is 35.2 Å². The smallest absolute Gasteiger partial charge is 0.465 e. The molecule has 0 saturated carbocycles. The van der Waals surface area contributed by atoms with Crippen molar-refractivity contribution >= 4 is 96.0 Å². The van der Waals surface area contributed by atoms with E-state index in [0.717, 1.165) is 21.5 Å². The van der Waals surface area contributed by atoms with Crippen LogP contribution in [-0.2, 0) is 14.3 Å². The molecule has 0 aliphatic rings. The van der Waals surface area contributed by atoms with Crippen molar-refractivity contribution < 1.29 is 100 Å². The van der Waals surface area contributed by atoms with Crippen LogP contribution in [0.3, 0.4) is 0 Å². The maximum absolute atomic E-state index is 12.1. The predicted octanol–water partition coefficient (Wildman–Crippen LogP) is 0.222. The third-order valence-electron chi connectivity index (χ3n) is 12.6. The number of ether oxygens (including phenoxy) is 1. The summed E-state index contributed by atoms with van der Waals surface area (Å²) in [6.07, 6.45) is -24.4. The van der Waals surface area contributed by atoms with E-state index in [-0.39, 0.29) is 0 Å². The van der Waals surface area contributed by atoms with Crippen LogP contribution in [0.15, 0.2) is 0 Å². The number of carbonyl (C=O) groups excluding carboxylic acids is 2. The van der Waals surface area contributed by atoms with Gasteiger partial charge >= 0.3 is 77.0 Å². The minimum absolute atomic E-state index is 0.551. The Morgan fingerprint density at radius 3 is 0.646 bits per heavy atom. The molecule has 42 heteroatoms. The second-order valence-electron chi connectivity index (χ2n) is 20.0. The highest BCUT2D eigenvalue weighted by atomic mass is 29.3. The zero-order valence-electron chi connectivity index (χ0n) is 49.6. The number of hydrogen-bond acceptors (Lipinski definition) is 21. The van der Waals surface area contributed by atoms with Gasteiger partial charge in [-0.05, 0) is 148 Å². The molecule has 79 heavy (non-hydrogen) atoms. The monoisotopic (exact) mass is 1260 g/mol. The molecule has 0 fully saturated rings. The van der Waals surface area contributed by atoms with Crippen LogP contribution in [0.1, 0.15) is 0 Å². The number of alkyl halides is 6. The molecule has 30 nitrogen and oxygen atoms in total. The molecule has 0 heterocycles. The molecular weight excluding hydrogens is 1180 g/mol. The minimum atomic E-state index is -6.16.